The van der Waals surface area contributed by atoms with Crippen molar-refractivity contribution in [2.75, 3.05) is 14.2 Å². The monoisotopic (exact) mass is 245 g/mol. The highest BCUT2D eigenvalue weighted by molar-refractivity contribution is 5.65. The maximum absolute atomic E-state index is 13.8. The van der Waals surface area contributed by atoms with Gasteiger partial charge in [-0.3, -0.25) is 0 Å². The summed E-state index contributed by atoms with van der Waals surface area (Å²) in [5.74, 6) is 0.580. The Morgan fingerprint density at radius 2 is 1.89 bits per heavy atom. The molecule has 0 aliphatic carbocycles. The van der Waals surface area contributed by atoms with E-state index in [1.807, 2.05) is 30.3 Å². The summed E-state index contributed by atoms with van der Waals surface area (Å²) in [7, 11) is 3.42. The van der Waals surface area contributed by atoms with Crippen LogP contribution < -0.4 is 10.1 Å². The average Bonchev–Trinajstić information content (AvgIpc) is 2.41. The van der Waals surface area contributed by atoms with Crippen molar-refractivity contribution < 1.29 is 9.13 Å². The van der Waals surface area contributed by atoms with Crippen molar-refractivity contribution in [3.63, 3.8) is 0 Å². The minimum Gasteiger partial charge on any atom is -0.497 e. The summed E-state index contributed by atoms with van der Waals surface area (Å²) in [6.45, 7) is 0.532. The third-order valence-electron chi connectivity index (χ3n) is 2.82. The standard InChI is InChI=1S/C15H16FNO/c1-17-10-13-7-6-12(9-15(13)16)11-4-3-5-14(8-11)18-2/h3-9,17H,10H2,1-2H3. The molecule has 2 rings (SSSR count). The summed E-state index contributed by atoms with van der Waals surface area (Å²) in [5.41, 5.74) is 2.47. The second-order valence-corrected chi connectivity index (χ2v) is 4.07. The van der Waals surface area contributed by atoms with E-state index in [1.54, 1.807) is 26.3 Å². The smallest absolute Gasteiger partial charge is 0.128 e. The van der Waals surface area contributed by atoms with Crippen molar-refractivity contribution in [2.24, 2.45) is 0 Å². The maximum Gasteiger partial charge on any atom is 0.128 e. The zero-order chi connectivity index (χ0) is 13.0. The van der Waals surface area contributed by atoms with E-state index in [-0.39, 0.29) is 5.82 Å². The lowest BCUT2D eigenvalue weighted by Crippen LogP contribution is -2.06. The van der Waals surface area contributed by atoms with Crippen LogP contribution in [0.1, 0.15) is 5.56 Å². The third kappa shape index (κ3) is 2.68. The van der Waals surface area contributed by atoms with Gasteiger partial charge in [-0.1, -0.05) is 24.3 Å². The van der Waals surface area contributed by atoms with E-state index in [4.69, 9.17) is 4.74 Å². The molecule has 18 heavy (non-hydrogen) atoms. The van der Waals surface area contributed by atoms with Crippen molar-refractivity contribution in [1.82, 2.24) is 5.32 Å². The molecule has 0 amide bonds. The van der Waals surface area contributed by atoms with Gasteiger partial charge in [0, 0.05) is 12.1 Å². The lowest BCUT2D eigenvalue weighted by molar-refractivity contribution is 0.415. The van der Waals surface area contributed by atoms with E-state index in [0.717, 1.165) is 16.9 Å². The Morgan fingerprint density at radius 3 is 2.56 bits per heavy atom. The van der Waals surface area contributed by atoms with E-state index >= 15 is 0 Å². The van der Waals surface area contributed by atoms with Crippen LogP contribution in [0, 0.1) is 5.82 Å². The highest BCUT2D eigenvalue weighted by atomic mass is 19.1. The zero-order valence-corrected chi connectivity index (χ0v) is 10.5. The molecule has 0 spiro atoms. The summed E-state index contributed by atoms with van der Waals surface area (Å²) in [6, 6.07) is 12.9. The third-order valence-corrected chi connectivity index (χ3v) is 2.82. The van der Waals surface area contributed by atoms with Gasteiger partial charge in [0.05, 0.1) is 7.11 Å². The highest BCUT2D eigenvalue weighted by Crippen LogP contribution is 2.25. The number of halogens is 1. The molecule has 0 saturated heterocycles. The molecule has 2 aromatic carbocycles. The summed E-state index contributed by atoms with van der Waals surface area (Å²) >= 11 is 0. The first-order valence-corrected chi connectivity index (χ1v) is 5.82. The Balaban J connectivity index is 2.35. The number of hydrogen-bond donors (Lipinski definition) is 1. The largest absolute Gasteiger partial charge is 0.497 e. The summed E-state index contributed by atoms with van der Waals surface area (Å²) in [4.78, 5) is 0. The Bertz CT molecular complexity index is 540. The van der Waals surface area contributed by atoms with E-state index in [0.29, 0.717) is 12.1 Å². The van der Waals surface area contributed by atoms with Gasteiger partial charge >= 0.3 is 0 Å². The van der Waals surface area contributed by atoms with Crippen molar-refractivity contribution in [3.8, 4) is 16.9 Å². The first-order valence-electron chi connectivity index (χ1n) is 5.82. The lowest BCUT2D eigenvalue weighted by atomic mass is 10.0. The summed E-state index contributed by atoms with van der Waals surface area (Å²) in [5, 5.41) is 2.94. The van der Waals surface area contributed by atoms with Crippen LogP contribution in [0.25, 0.3) is 11.1 Å². The van der Waals surface area contributed by atoms with E-state index in [2.05, 4.69) is 5.32 Å². The Kier molecular flexibility index (Phi) is 3.95. The van der Waals surface area contributed by atoms with Crippen LogP contribution in [-0.4, -0.2) is 14.2 Å². The molecule has 0 radical (unpaired) electrons. The van der Waals surface area contributed by atoms with Crippen LogP contribution in [0.2, 0.25) is 0 Å². The molecule has 0 atom stereocenters. The molecule has 0 aliphatic rings. The molecule has 0 aliphatic heterocycles. The molecule has 0 aromatic heterocycles. The molecule has 2 nitrogen and oxygen atoms in total. The first kappa shape index (κ1) is 12.6. The van der Waals surface area contributed by atoms with Gasteiger partial charge in [-0.25, -0.2) is 4.39 Å². The Labute approximate surface area is 106 Å². The van der Waals surface area contributed by atoms with Crippen LogP contribution in [0.4, 0.5) is 4.39 Å². The summed E-state index contributed by atoms with van der Waals surface area (Å²) < 4.78 is 19.0. The van der Waals surface area contributed by atoms with Crippen LogP contribution in [0.3, 0.4) is 0 Å². The normalized spacial score (nSPS) is 10.4. The number of ether oxygens (including phenoxy) is 1. The van der Waals surface area contributed by atoms with Gasteiger partial charge < -0.3 is 10.1 Å². The SMILES string of the molecule is CNCc1ccc(-c2cccc(OC)c2)cc1F. The number of rotatable bonds is 4. The topological polar surface area (TPSA) is 21.3 Å². The van der Waals surface area contributed by atoms with E-state index in [1.165, 1.54) is 0 Å². The second-order valence-electron chi connectivity index (χ2n) is 4.07. The predicted octanol–water partition coefficient (Wildman–Crippen LogP) is 3.22. The van der Waals surface area contributed by atoms with Gasteiger partial charge in [-0.15, -0.1) is 0 Å². The second kappa shape index (κ2) is 5.65. The van der Waals surface area contributed by atoms with Crippen LogP contribution in [0.5, 0.6) is 5.75 Å². The molecule has 94 valence electrons. The minimum atomic E-state index is -0.190. The molecule has 0 unspecified atom stereocenters. The molecule has 0 bridgehead atoms. The highest BCUT2D eigenvalue weighted by Gasteiger charge is 2.05. The molecule has 2 aromatic rings. The van der Waals surface area contributed by atoms with Gasteiger partial charge in [0.1, 0.15) is 11.6 Å². The van der Waals surface area contributed by atoms with Gasteiger partial charge in [0.15, 0.2) is 0 Å². The number of nitrogens with one attached hydrogen (secondary N) is 1. The number of hydrogen-bond acceptors (Lipinski definition) is 2. The van der Waals surface area contributed by atoms with Crippen molar-refractivity contribution in [2.45, 2.75) is 6.54 Å². The van der Waals surface area contributed by atoms with Crippen LogP contribution >= 0.6 is 0 Å². The fourth-order valence-electron chi connectivity index (χ4n) is 1.86. The fourth-order valence-corrected chi connectivity index (χ4v) is 1.86. The van der Waals surface area contributed by atoms with E-state index in [9.17, 15) is 4.39 Å². The maximum atomic E-state index is 13.8. The van der Waals surface area contributed by atoms with Crippen molar-refractivity contribution >= 4 is 0 Å². The summed E-state index contributed by atoms with van der Waals surface area (Å²) in [6.07, 6.45) is 0. The lowest BCUT2D eigenvalue weighted by Gasteiger charge is -2.07. The van der Waals surface area contributed by atoms with Crippen molar-refractivity contribution in [1.29, 1.82) is 0 Å². The van der Waals surface area contributed by atoms with Gasteiger partial charge in [-0.05, 0) is 36.4 Å². The molecular formula is C15H16FNO. The molecule has 0 heterocycles. The van der Waals surface area contributed by atoms with Gasteiger partial charge in [0.2, 0.25) is 0 Å². The molecule has 1 N–H and O–H groups in total. The Hall–Kier alpha value is -1.87. The zero-order valence-electron chi connectivity index (χ0n) is 10.5. The van der Waals surface area contributed by atoms with Crippen molar-refractivity contribution in [3.05, 3.63) is 53.8 Å². The predicted molar refractivity (Wildman–Crippen MR) is 71.2 cm³/mol. The van der Waals surface area contributed by atoms with E-state index < -0.39 is 0 Å². The first-order chi connectivity index (χ1) is 8.74. The van der Waals surface area contributed by atoms with Gasteiger partial charge in [0.25, 0.3) is 0 Å². The minimum absolute atomic E-state index is 0.190. The fraction of sp³-hybridized carbons (Fsp3) is 0.200. The quantitative estimate of drug-likeness (QED) is 0.893. The Morgan fingerprint density at radius 1 is 1.11 bits per heavy atom. The van der Waals surface area contributed by atoms with Gasteiger partial charge in [-0.2, -0.15) is 0 Å². The molecule has 0 fully saturated rings. The number of benzene rings is 2. The molecular weight excluding hydrogens is 229 g/mol. The molecule has 3 heteroatoms. The number of methoxy groups -OCH3 is 1. The van der Waals surface area contributed by atoms with Crippen LogP contribution in [-0.2, 0) is 6.54 Å². The van der Waals surface area contributed by atoms with Crippen LogP contribution in [0.15, 0.2) is 42.5 Å². The average molecular weight is 245 g/mol. The molecule has 0 saturated carbocycles.